The van der Waals surface area contributed by atoms with E-state index in [1.165, 1.54) is 5.56 Å². The second kappa shape index (κ2) is 7.44. The first-order valence-electron chi connectivity index (χ1n) is 8.87. The summed E-state index contributed by atoms with van der Waals surface area (Å²) in [6, 6.07) is 17.1. The molecule has 0 aliphatic rings. The standard InChI is InChI=1S/C23H18O4S/c1-14(2)10-15-6-8-19-16(11-15)4-3-5-17(19)12-22(24)26-18-7-9-21-20(13-18)27-23(25)28-21/h3-9,11,13H,1,10,12H2,2H3. The molecule has 0 bridgehead atoms. The average Bonchev–Trinajstić information content (AvgIpc) is 3.00. The van der Waals surface area contributed by atoms with Crippen LogP contribution in [0.5, 0.6) is 5.75 Å². The molecule has 0 aliphatic carbocycles. The number of esters is 1. The molecule has 4 aromatic rings. The normalized spacial score (nSPS) is 11.0. The maximum Gasteiger partial charge on any atom is 0.396 e. The summed E-state index contributed by atoms with van der Waals surface area (Å²) < 4.78 is 11.2. The van der Waals surface area contributed by atoms with Gasteiger partial charge in [0.2, 0.25) is 0 Å². The van der Waals surface area contributed by atoms with Gasteiger partial charge in [0.25, 0.3) is 0 Å². The summed E-state index contributed by atoms with van der Waals surface area (Å²) in [4.78, 5) is 23.4. The molecule has 0 aliphatic heterocycles. The van der Waals surface area contributed by atoms with E-state index in [-0.39, 0.29) is 17.3 Å². The highest BCUT2D eigenvalue weighted by Gasteiger charge is 2.11. The maximum absolute atomic E-state index is 12.5. The predicted molar refractivity (Wildman–Crippen MR) is 112 cm³/mol. The van der Waals surface area contributed by atoms with Gasteiger partial charge < -0.3 is 9.15 Å². The van der Waals surface area contributed by atoms with Gasteiger partial charge in [0.15, 0.2) is 5.58 Å². The van der Waals surface area contributed by atoms with Gasteiger partial charge in [-0.2, -0.15) is 0 Å². The molecule has 140 valence electrons. The molecule has 0 radical (unpaired) electrons. The van der Waals surface area contributed by atoms with E-state index in [1.54, 1.807) is 18.2 Å². The molecule has 5 heteroatoms. The number of allylic oxidation sites excluding steroid dienone is 1. The van der Waals surface area contributed by atoms with E-state index in [0.29, 0.717) is 11.3 Å². The van der Waals surface area contributed by atoms with Crippen LogP contribution >= 0.6 is 11.3 Å². The first-order chi connectivity index (χ1) is 13.5. The first-order valence-corrected chi connectivity index (χ1v) is 9.69. The minimum absolute atomic E-state index is 0.156. The summed E-state index contributed by atoms with van der Waals surface area (Å²) in [5.41, 5.74) is 3.64. The highest BCUT2D eigenvalue weighted by atomic mass is 32.1. The molecule has 28 heavy (non-hydrogen) atoms. The van der Waals surface area contributed by atoms with E-state index in [9.17, 15) is 9.59 Å². The molecule has 0 unspecified atom stereocenters. The van der Waals surface area contributed by atoms with Gasteiger partial charge in [0.1, 0.15) is 5.75 Å². The Labute approximate surface area is 165 Å². The third kappa shape index (κ3) is 3.89. The molecule has 0 saturated heterocycles. The van der Waals surface area contributed by atoms with E-state index < -0.39 is 0 Å². The van der Waals surface area contributed by atoms with Crippen molar-refractivity contribution >= 4 is 38.4 Å². The molecular formula is C23H18O4S. The second-order valence-corrected chi connectivity index (χ2v) is 7.80. The lowest BCUT2D eigenvalue weighted by Gasteiger charge is -2.09. The minimum Gasteiger partial charge on any atom is -0.426 e. The van der Waals surface area contributed by atoms with E-state index in [4.69, 9.17) is 9.15 Å². The number of carbonyl (C=O) groups excluding carboxylic acids is 1. The second-order valence-electron chi connectivity index (χ2n) is 6.82. The Balaban J connectivity index is 1.55. The Bertz CT molecular complexity index is 1260. The van der Waals surface area contributed by atoms with Gasteiger partial charge in [0.05, 0.1) is 11.1 Å². The quantitative estimate of drug-likeness (QED) is 0.264. The van der Waals surface area contributed by atoms with Gasteiger partial charge in [-0.3, -0.25) is 4.79 Å². The number of hydrogen-bond donors (Lipinski definition) is 0. The fourth-order valence-electron chi connectivity index (χ4n) is 3.25. The fourth-order valence-corrected chi connectivity index (χ4v) is 3.90. The molecule has 0 N–H and O–H groups in total. The van der Waals surface area contributed by atoms with Crippen LogP contribution in [0.1, 0.15) is 18.1 Å². The van der Waals surface area contributed by atoms with Crippen LogP contribution in [0.3, 0.4) is 0 Å². The molecule has 0 saturated carbocycles. The molecule has 0 spiro atoms. The van der Waals surface area contributed by atoms with E-state index in [2.05, 4.69) is 18.7 Å². The van der Waals surface area contributed by atoms with Crippen molar-refractivity contribution in [1.82, 2.24) is 0 Å². The van der Waals surface area contributed by atoms with Crippen molar-refractivity contribution < 1.29 is 13.9 Å². The van der Waals surface area contributed by atoms with Crippen molar-refractivity contribution in [3.8, 4) is 5.75 Å². The molecule has 3 aromatic carbocycles. The number of benzene rings is 3. The van der Waals surface area contributed by atoms with Crippen molar-refractivity contribution in [2.45, 2.75) is 19.8 Å². The summed E-state index contributed by atoms with van der Waals surface area (Å²) in [5, 5.41) is 2.12. The van der Waals surface area contributed by atoms with Crippen molar-refractivity contribution in [2.75, 3.05) is 0 Å². The summed E-state index contributed by atoms with van der Waals surface area (Å²) in [6.45, 7) is 5.97. The van der Waals surface area contributed by atoms with E-state index >= 15 is 0 Å². The third-order valence-electron chi connectivity index (χ3n) is 4.41. The number of carbonyl (C=O) groups is 1. The van der Waals surface area contributed by atoms with Crippen molar-refractivity contribution in [1.29, 1.82) is 0 Å². The summed E-state index contributed by atoms with van der Waals surface area (Å²) in [5.74, 6) is -0.00142. The Morgan fingerprint density at radius 3 is 2.79 bits per heavy atom. The summed E-state index contributed by atoms with van der Waals surface area (Å²) in [6.07, 6.45) is 0.992. The Hall–Kier alpha value is -3.18. The lowest BCUT2D eigenvalue weighted by Crippen LogP contribution is -2.11. The molecule has 1 aromatic heterocycles. The van der Waals surface area contributed by atoms with Crippen LogP contribution in [-0.2, 0) is 17.6 Å². The number of hydrogen-bond acceptors (Lipinski definition) is 5. The van der Waals surface area contributed by atoms with Gasteiger partial charge >= 0.3 is 10.9 Å². The van der Waals surface area contributed by atoms with Gasteiger partial charge in [-0.25, -0.2) is 4.79 Å². The zero-order valence-electron chi connectivity index (χ0n) is 15.4. The topological polar surface area (TPSA) is 56.5 Å². The van der Waals surface area contributed by atoms with Crippen LogP contribution in [0.25, 0.3) is 21.1 Å². The predicted octanol–water partition coefficient (Wildman–Crippen LogP) is 5.27. The number of rotatable bonds is 5. The van der Waals surface area contributed by atoms with Crippen LogP contribution in [0.2, 0.25) is 0 Å². The smallest absolute Gasteiger partial charge is 0.396 e. The zero-order valence-corrected chi connectivity index (χ0v) is 16.2. The van der Waals surface area contributed by atoms with Gasteiger partial charge in [0, 0.05) is 6.07 Å². The van der Waals surface area contributed by atoms with Crippen LogP contribution < -0.4 is 9.68 Å². The largest absolute Gasteiger partial charge is 0.426 e. The highest BCUT2D eigenvalue weighted by Crippen LogP contribution is 2.25. The van der Waals surface area contributed by atoms with Crippen molar-refractivity contribution in [3.05, 3.63) is 87.6 Å². The zero-order chi connectivity index (χ0) is 19.7. The third-order valence-corrected chi connectivity index (χ3v) is 5.22. The molecule has 0 atom stereocenters. The van der Waals surface area contributed by atoms with Crippen LogP contribution in [0.15, 0.2) is 76.0 Å². The molecular weight excluding hydrogens is 372 g/mol. The molecule has 1 heterocycles. The van der Waals surface area contributed by atoms with Crippen LogP contribution in [-0.4, -0.2) is 5.97 Å². The lowest BCUT2D eigenvalue weighted by molar-refractivity contribution is -0.133. The monoisotopic (exact) mass is 390 g/mol. The van der Waals surface area contributed by atoms with E-state index in [0.717, 1.165) is 44.4 Å². The lowest BCUT2D eigenvalue weighted by atomic mass is 9.98. The van der Waals surface area contributed by atoms with Crippen LogP contribution in [0.4, 0.5) is 0 Å². The average molecular weight is 390 g/mol. The maximum atomic E-state index is 12.5. The number of fused-ring (bicyclic) bond motifs is 2. The molecule has 4 nitrogen and oxygen atoms in total. The molecule has 4 rings (SSSR count). The highest BCUT2D eigenvalue weighted by molar-refractivity contribution is 7.16. The minimum atomic E-state index is -0.375. The Morgan fingerprint density at radius 1 is 1.11 bits per heavy atom. The van der Waals surface area contributed by atoms with Gasteiger partial charge in [-0.1, -0.05) is 59.9 Å². The molecule has 0 amide bonds. The number of ether oxygens (including phenoxy) is 1. The van der Waals surface area contributed by atoms with Crippen molar-refractivity contribution in [2.24, 2.45) is 0 Å². The van der Waals surface area contributed by atoms with Crippen LogP contribution in [0, 0.1) is 0 Å². The fraction of sp³-hybridized carbons (Fsp3) is 0.130. The molecule has 0 fully saturated rings. The Kier molecular flexibility index (Phi) is 4.84. The Morgan fingerprint density at radius 2 is 1.96 bits per heavy atom. The SMILES string of the molecule is C=C(C)Cc1ccc2c(CC(=O)Oc3ccc4sc(=O)oc4c3)cccc2c1. The summed E-state index contributed by atoms with van der Waals surface area (Å²) in [7, 11) is 0. The van der Waals surface area contributed by atoms with Gasteiger partial charge in [-0.05, 0) is 47.4 Å². The summed E-state index contributed by atoms with van der Waals surface area (Å²) >= 11 is 1.02. The van der Waals surface area contributed by atoms with E-state index in [1.807, 2.05) is 31.2 Å². The van der Waals surface area contributed by atoms with Crippen molar-refractivity contribution in [3.63, 3.8) is 0 Å². The first kappa shape index (κ1) is 18.2. The van der Waals surface area contributed by atoms with Gasteiger partial charge in [-0.15, -0.1) is 0 Å².